The summed E-state index contributed by atoms with van der Waals surface area (Å²) in [6, 6.07) is 0.261. The van der Waals surface area contributed by atoms with Crippen LogP contribution in [0.2, 0.25) is 0 Å². The van der Waals surface area contributed by atoms with Crippen LogP contribution in [0.15, 0.2) is 30.4 Å². The molecule has 0 spiro atoms. The normalized spacial score (nSPS) is 15.3. The summed E-state index contributed by atoms with van der Waals surface area (Å²) < 4.78 is 136. The monoisotopic (exact) mass is 1510 g/mol. The molecule has 35 heteroatoms. The molecule has 1 saturated heterocycles. The number of nitrogens with zero attached hydrogens (tertiary/aromatic N) is 2. The SMILES string of the molecule is COCCOCCOCCOCCOCCOCCCOCOCCOCCOCCOCCOCCOCCOCCOCCOCCOCC#Cc1cc(NC(=O)[C@H](C)NC(=O)[C@@H](NC(=O)CN2C(=O)[C@@H](N3C(=O)C=CC3=O)C[C@H]2COCCS(=O)(=O)O)C(C)C)ccc1COC(=O)C(C)(C)C. The van der Waals surface area contributed by atoms with E-state index >= 15 is 0 Å². The number of ether oxygens (including phenoxy) is 19. The van der Waals surface area contributed by atoms with Gasteiger partial charge in [-0.05, 0) is 52.2 Å². The van der Waals surface area contributed by atoms with Gasteiger partial charge in [0.25, 0.3) is 21.9 Å². The molecule has 1 aromatic carbocycles. The van der Waals surface area contributed by atoms with Crippen LogP contribution in [0.3, 0.4) is 0 Å². The highest BCUT2D eigenvalue weighted by Crippen LogP contribution is 2.27. The summed E-state index contributed by atoms with van der Waals surface area (Å²) in [5.41, 5.74) is 0.504. The Balaban J connectivity index is 1.17. The number of imide groups is 1. The highest BCUT2D eigenvalue weighted by atomic mass is 32.2. The molecule has 0 radical (unpaired) electrons. The number of anilines is 1. The summed E-state index contributed by atoms with van der Waals surface area (Å²) in [6.45, 7) is 22.1. The lowest BCUT2D eigenvalue weighted by Gasteiger charge is -2.27. The minimum Gasteiger partial charge on any atom is -0.460 e. The number of carbonyl (C=O) groups is 7. The average molecular weight is 1510 g/mol. The van der Waals surface area contributed by atoms with E-state index in [4.69, 9.17) is 94.6 Å². The Morgan fingerprint density at radius 2 is 1.00 bits per heavy atom. The number of benzene rings is 1. The van der Waals surface area contributed by atoms with Gasteiger partial charge in [-0.2, -0.15) is 8.42 Å². The first-order chi connectivity index (χ1) is 50.1. The van der Waals surface area contributed by atoms with E-state index < -0.39 is 106 Å². The van der Waals surface area contributed by atoms with Gasteiger partial charge in [-0.15, -0.1) is 0 Å². The summed E-state index contributed by atoms with van der Waals surface area (Å²) >= 11 is 0. The standard InChI is InChI=1S/C69H113N5O29S/c1-54(2)64(72-61(75)50-73-59(52-100-46-47-104(82,83)84)49-60(67(73)80)74-62(76)13-14-63(74)77)66(79)70-55(3)65(78)71-58-12-11-57(51-103-68(81)69(4,5)6)56(48-58)10-8-15-86-20-22-89-26-28-92-32-33-94-34-35-95-36-37-96-38-39-97-40-41-98-42-43-99-44-45-102-53-101-17-9-16-87-21-23-90-27-29-93-31-30-91-25-24-88-19-18-85-7/h11-14,48,54-55,59-60,64H,9,15-47,49-53H2,1-7H3,(H,70,79)(H,71,78)(H,72,75)(H,82,83,84)/t55-,59-,60-,64-/m0/s1. The molecule has 0 saturated carbocycles. The molecular weight excluding hydrogens is 1390 g/mol. The maximum Gasteiger partial charge on any atom is 0.311 e. The molecule has 594 valence electrons. The largest absolute Gasteiger partial charge is 0.460 e. The van der Waals surface area contributed by atoms with E-state index in [0.717, 1.165) is 28.4 Å². The fourth-order valence-electron chi connectivity index (χ4n) is 9.02. The molecule has 2 heterocycles. The lowest BCUT2D eigenvalue weighted by atomic mass is 9.97. The molecule has 0 aromatic heterocycles. The van der Waals surface area contributed by atoms with Crippen LogP contribution in [0.4, 0.5) is 5.69 Å². The summed E-state index contributed by atoms with van der Waals surface area (Å²) in [6.07, 6.45) is 2.63. The van der Waals surface area contributed by atoms with Gasteiger partial charge in [-0.25, -0.2) is 0 Å². The number of hydrogen-bond acceptors (Lipinski definition) is 28. The van der Waals surface area contributed by atoms with Crippen molar-refractivity contribution in [2.75, 3.05) is 250 Å². The van der Waals surface area contributed by atoms with E-state index in [1.165, 1.54) is 6.92 Å². The molecule has 4 N–H and O–H groups in total. The Morgan fingerprint density at radius 1 is 0.567 bits per heavy atom. The Kier molecular flexibility index (Phi) is 51.0. The number of methoxy groups -OCH3 is 1. The third kappa shape index (κ3) is 44.4. The predicted octanol–water partition coefficient (Wildman–Crippen LogP) is 0.770. The van der Waals surface area contributed by atoms with E-state index in [9.17, 15) is 42.0 Å². The maximum absolute atomic E-state index is 13.7. The number of hydrogen-bond donors (Lipinski definition) is 4. The maximum atomic E-state index is 13.7. The van der Waals surface area contributed by atoms with Crippen LogP contribution in [0.1, 0.15) is 65.5 Å². The summed E-state index contributed by atoms with van der Waals surface area (Å²) in [7, 11) is -2.74. The minimum absolute atomic E-state index is 0.0225. The van der Waals surface area contributed by atoms with Crippen LogP contribution in [-0.4, -0.2) is 333 Å². The quantitative estimate of drug-likeness (QED) is 0.0175. The lowest BCUT2D eigenvalue weighted by Crippen LogP contribution is -2.56. The molecule has 0 bridgehead atoms. The van der Waals surface area contributed by atoms with E-state index in [2.05, 4.69) is 27.8 Å². The van der Waals surface area contributed by atoms with Crippen molar-refractivity contribution in [1.82, 2.24) is 20.4 Å². The van der Waals surface area contributed by atoms with E-state index in [0.29, 0.717) is 202 Å². The Bertz CT molecular complexity index is 2770. The topological polar surface area (TPSA) is 392 Å². The highest BCUT2D eigenvalue weighted by molar-refractivity contribution is 7.85. The zero-order valence-electron chi connectivity index (χ0n) is 61.5. The van der Waals surface area contributed by atoms with Crippen LogP contribution >= 0.6 is 0 Å². The van der Waals surface area contributed by atoms with Crippen LogP contribution < -0.4 is 16.0 Å². The first-order valence-corrected chi connectivity index (χ1v) is 36.5. The van der Waals surface area contributed by atoms with Crippen LogP contribution in [0.25, 0.3) is 0 Å². The summed E-state index contributed by atoms with van der Waals surface area (Å²) in [5.74, 6) is -0.121. The second-order valence-electron chi connectivity index (χ2n) is 24.4. The summed E-state index contributed by atoms with van der Waals surface area (Å²) in [4.78, 5) is 93.9. The molecule has 2 aliphatic rings. The minimum atomic E-state index is -4.37. The van der Waals surface area contributed by atoms with Gasteiger partial charge in [0.05, 0.1) is 229 Å². The molecule has 4 atom stereocenters. The van der Waals surface area contributed by atoms with Gasteiger partial charge in [0.1, 0.15) is 38.1 Å². The Labute approximate surface area is 611 Å². The van der Waals surface area contributed by atoms with Gasteiger partial charge in [-0.1, -0.05) is 31.8 Å². The van der Waals surface area contributed by atoms with Crippen molar-refractivity contribution in [3.8, 4) is 11.8 Å². The second kappa shape index (κ2) is 57.4. The zero-order chi connectivity index (χ0) is 75.9. The number of rotatable bonds is 65. The molecule has 2 aliphatic heterocycles. The van der Waals surface area contributed by atoms with Crippen molar-refractivity contribution < 1.29 is 137 Å². The van der Waals surface area contributed by atoms with Crippen LogP contribution in [0, 0.1) is 23.2 Å². The molecule has 0 unspecified atom stereocenters. The van der Waals surface area contributed by atoms with Crippen molar-refractivity contribution >= 4 is 57.2 Å². The molecule has 34 nitrogen and oxygen atoms in total. The Hall–Kier alpha value is -5.80. The number of nitrogens with one attached hydrogen (secondary N) is 3. The molecule has 6 amide bonds. The van der Waals surface area contributed by atoms with E-state index in [1.807, 2.05) is 0 Å². The third-order valence-electron chi connectivity index (χ3n) is 14.5. The van der Waals surface area contributed by atoms with Crippen molar-refractivity contribution in [3.05, 3.63) is 41.5 Å². The van der Waals surface area contributed by atoms with Gasteiger partial charge < -0.3 is 111 Å². The smallest absolute Gasteiger partial charge is 0.311 e. The number of amides is 6. The molecule has 1 fully saturated rings. The number of likely N-dealkylation sites (tertiary alicyclic amines) is 1. The van der Waals surface area contributed by atoms with Crippen molar-refractivity contribution in [2.45, 2.75) is 85.2 Å². The highest BCUT2D eigenvalue weighted by Gasteiger charge is 2.47. The number of carbonyl (C=O) groups excluding carboxylic acids is 7. The van der Waals surface area contributed by atoms with Gasteiger partial charge in [0, 0.05) is 49.1 Å². The molecule has 1 aromatic rings. The van der Waals surface area contributed by atoms with Crippen molar-refractivity contribution in [1.29, 1.82) is 0 Å². The predicted molar refractivity (Wildman–Crippen MR) is 372 cm³/mol. The van der Waals surface area contributed by atoms with Gasteiger partial charge in [-0.3, -0.25) is 43.0 Å². The molecule has 104 heavy (non-hydrogen) atoms. The fraction of sp³-hybridized carbons (Fsp3) is 0.754. The third-order valence-corrected chi connectivity index (χ3v) is 15.2. The molecule has 0 aliphatic carbocycles. The van der Waals surface area contributed by atoms with Gasteiger partial charge in [0.15, 0.2) is 0 Å². The van der Waals surface area contributed by atoms with E-state index in [-0.39, 0.29) is 46.2 Å². The first kappa shape index (κ1) is 92.4. The second-order valence-corrected chi connectivity index (χ2v) is 26.0. The van der Waals surface area contributed by atoms with Crippen molar-refractivity contribution in [2.24, 2.45) is 11.3 Å². The molecular formula is C69H113N5O29S. The summed E-state index contributed by atoms with van der Waals surface area (Å²) in [5, 5.41) is 7.97. The van der Waals surface area contributed by atoms with Gasteiger partial charge >= 0.3 is 5.97 Å². The number of esters is 1. The zero-order valence-corrected chi connectivity index (χ0v) is 62.3. The first-order valence-electron chi connectivity index (χ1n) is 34.9. The van der Waals surface area contributed by atoms with Crippen molar-refractivity contribution in [3.63, 3.8) is 0 Å². The van der Waals surface area contributed by atoms with E-state index in [1.54, 1.807) is 59.9 Å². The Morgan fingerprint density at radius 3 is 1.45 bits per heavy atom. The average Bonchev–Trinajstić information content (AvgIpc) is 1.63. The molecule has 3 rings (SSSR count). The van der Waals surface area contributed by atoms with Crippen LogP contribution in [-0.2, 0) is 140 Å². The lowest BCUT2D eigenvalue weighted by molar-refractivity contribution is -0.154. The van der Waals surface area contributed by atoms with Crippen LogP contribution in [0.5, 0.6) is 0 Å². The van der Waals surface area contributed by atoms with Gasteiger partial charge in [0.2, 0.25) is 23.6 Å². The fourth-order valence-corrected chi connectivity index (χ4v) is 9.35.